The van der Waals surface area contributed by atoms with Gasteiger partial charge in [-0.3, -0.25) is 4.68 Å². The topological polar surface area (TPSA) is 81.0 Å². The van der Waals surface area contributed by atoms with Gasteiger partial charge in [0.1, 0.15) is 17.1 Å². The maximum Gasteiger partial charge on any atom is 0.152 e. The van der Waals surface area contributed by atoms with Crippen molar-refractivity contribution in [3.05, 3.63) is 60.4 Å². The minimum absolute atomic E-state index is 0.468. The molecular weight excluding hydrogens is 450 g/mol. The predicted octanol–water partition coefficient (Wildman–Crippen LogP) is 4.79. The van der Waals surface area contributed by atoms with Crippen LogP contribution < -0.4 is 10.1 Å². The summed E-state index contributed by atoms with van der Waals surface area (Å²) in [4.78, 5) is 16.3. The van der Waals surface area contributed by atoms with Crippen molar-refractivity contribution in [3.8, 4) is 16.9 Å². The van der Waals surface area contributed by atoms with Crippen molar-refractivity contribution in [2.75, 3.05) is 33.1 Å². The average molecular weight is 486 g/mol. The summed E-state index contributed by atoms with van der Waals surface area (Å²) in [6.45, 7) is 1.80. The number of rotatable bonds is 9. The monoisotopic (exact) mass is 485 g/mol. The molecule has 188 valence electrons. The number of aromatic nitrogens is 5. The molecule has 0 unspecified atom stereocenters. The Morgan fingerprint density at radius 3 is 2.72 bits per heavy atom. The molecule has 8 nitrogen and oxygen atoms in total. The van der Waals surface area contributed by atoms with Crippen LogP contribution in [0, 0.1) is 0 Å². The van der Waals surface area contributed by atoms with Crippen molar-refractivity contribution in [3.63, 3.8) is 0 Å². The van der Waals surface area contributed by atoms with Gasteiger partial charge in [0, 0.05) is 54.1 Å². The van der Waals surface area contributed by atoms with Crippen LogP contribution in [0.2, 0.25) is 0 Å². The molecule has 4 aromatic rings. The van der Waals surface area contributed by atoms with Crippen molar-refractivity contribution in [1.29, 1.82) is 0 Å². The van der Waals surface area contributed by atoms with Crippen molar-refractivity contribution in [1.82, 2.24) is 29.6 Å². The molecule has 3 heterocycles. The number of anilines is 1. The first-order valence-corrected chi connectivity index (χ1v) is 12.8. The van der Waals surface area contributed by atoms with Gasteiger partial charge in [0.2, 0.25) is 0 Å². The number of nitrogens with one attached hydrogen (secondary N) is 1. The number of fused-ring (bicyclic) bond motifs is 1. The van der Waals surface area contributed by atoms with Crippen molar-refractivity contribution >= 4 is 16.7 Å². The fraction of sp³-hybridized carbons (Fsp3) is 0.429. The molecule has 36 heavy (non-hydrogen) atoms. The van der Waals surface area contributed by atoms with Gasteiger partial charge >= 0.3 is 0 Å². The maximum absolute atomic E-state index is 5.76. The van der Waals surface area contributed by atoms with Crippen LogP contribution in [0.25, 0.3) is 22.0 Å². The number of hydrogen-bond acceptors (Lipinski definition) is 7. The van der Waals surface area contributed by atoms with E-state index in [4.69, 9.17) is 9.72 Å². The van der Waals surface area contributed by atoms with Gasteiger partial charge in [0.25, 0.3) is 0 Å². The Kier molecular flexibility index (Phi) is 7.41. The molecule has 8 heteroatoms. The van der Waals surface area contributed by atoms with Crippen molar-refractivity contribution in [2.24, 2.45) is 0 Å². The first-order chi connectivity index (χ1) is 17.6. The third kappa shape index (κ3) is 5.65. The quantitative estimate of drug-likeness (QED) is 0.365. The highest BCUT2D eigenvalue weighted by atomic mass is 16.5. The fourth-order valence-electron chi connectivity index (χ4n) is 4.80. The minimum atomic E-state index is 0.468. The third-order valence-electron chi connectivity index (χ3n) is 6.87. The van der Waals surface area contributed by atoms with Crippen LogP contribution in [-0.4, -0.2) is 63.4 Å². The van der Waals surface area contributed by atoms with Gasteiger partial charge in [-0.2, -0.15) is 5.10 Å². The van der Waals surface area contributed by atoms with Gasteiger partial charge in [-0.05, 0) is 44.6 Å². The van der Waals surface area contributed by atoms with Gasteiger partial charge in [0.15, 0.2) is 5.82 Å². The number of likely N-dealkylation sites (N-methyl/N-ethyl adjacent to an activating group) is 1. The fourth-order valence-corrected chi connectivity index (χ4v) is 4.80. The molecule has 0 radical (unpaired) electrons. The Morgan fingerprint density at radius 2 is 1.92 bits per heavy atom. The largest absolute Gasteiger partial charge is 0.496 e. The van der Waals surface area contributed by atoms with Crippen LogP contribution >= 0.6 is 0 Å². The summed E-state index contributed by atoms with van der Waals surface area (Å²) < 4.78 is 7.74. The Hall–Kier alpha value is -3.52. The lowest BCUT2D eigenvalue weighted by molar-refractivity contribution is 0.373. The Balaban J connectivity index is 1.36. The zero-order chi connectivity index (χ0) is 24.9. The van der Waals surface area contributed by atoms with Crippen molar-refractivity contribution < 1.29 is 4.74 Å². The number of hydrogen-bond donors (Lipinski definition) is 1. The second-order valence-electron chi connectivity index (χ2n) is 9.86. The van der Waals surface area contributed by atoms with Gasteiger partial charge in [-0.15, -0.1) is 0 Å². The van der Waals surface area contributed by atoms with E-state index < -0.39 is 0 Å². The number of nitrogens with zero attached hydrogens (tertiary/aromatic N) is 6. The van der Waals surface area contributed by atoms with Crippen LogP contribution in [0.5, 0.6) is 5.75 Å². The average Bonchev–Trinajstić information content (AvgIpc) is 3.38. The molecule has 1 saturated carbocycles. The number of pyridine rings is 1. The van der Waals surface area contributed by atoms with Crippen LogP contribution in [-0.2, 0) is 13.0 Å². The summed E-state index contributed by atoms with van der Waals surface area (Å²) in [6, 6.07) is 8.73. The lowest BCUT2D eigenvalue weighted by atomic mass is 9.95. The summed E-state index contributed by atoms with van der Waals surface area (Å²) in [6.07, 6.45) is 14.6. The summed E-state index contributed by atoms with van der Waals surface area (Å²) in [7, 11) is 5.84. The molecule has 1 fully saturated rings. The van der Waals surface area contributed by atoms with E-state index in [-0.39, 0.29) is 0 Å². The highest BCUT2D eigenvalue weighted by Gasteiger charge is 2.16. The van der Waals surface area contributed by atoms with Gasteiger partial charge in [-0.25, -0.2) is 15.0 Å². The standard InChI is InChI=1S/C28H35N7O/c1-34(2)13-14-35-19-23(18-31-35)20-9-10-21(25(15-20)36-3)16-26-30-17-22-11-12-29-28(27(22)33-26)32-24-7-5-4-6-8-24/h9-12,15,17-19,24H,4-8,13-14,16H2,1-3H3,(H,29,32). The summed E-state index contributed by atoms with van der Waals surface area (Å²) in [5, 5.41) is 9.15. The van der Waals surface area contributed by atoms with Gasteiger partial charge < -0.3 is 15.0 Å². The van der Waals surface area contributed by atoms with E-state index in [1.165, 1.54) is 32.1 Å². The van der Waals surface area contributed by atoms with E-state index in [1.54, 1.807) is 7.11 Å². The Bertz CT molecular complexity index is 1310. The number of benzene rings is 1. The van der Waals surface area contributed by atoms with Gasteiger partial charge in [0.05, 0.1) is 19.9 Å². The molecule has 0 atom stereocenters. The summed E-state index contributed by atoms with van der Waals surface area (Å²) >= 11 is 0. The number of methoxy groups -OCH3 is 1. The predicted molar refractivity (Wildman–Crippen MR) is 143 cm³/mol. The summed E-state index contributed by atoms with van der Waals surface area (Å²) in [5.74, 6) is 2.44. The molecule has 0 saturated heterocycles. The highest BCUT2D eigenvalue weighted by Crippen LogP contribution is 2.29. The smallest absolute Gasteiger partial charge is 0.152 e. The maximum atomic E-state index is 5.76. The van der Waals surface area contributed by atoms with Crippen LogP contribution in [0.1, 0.15) is 43.5 Å². The zero-order valence-electron chi connectivity index (χ0n) is 21.4. The Morgan fingerprint density at radius 1 is 1.06 bits per heavy atom. The van der Waals surface area contributed by atoms with E-state index in [1.807, 2.05) is 29.3 Å². The first kappa shape index (κ1) is 24.2. The SMILES string of the molecule is COc1cc(-c2cnn(CCN(C)C)c2)ccc1Cc1ncc2ccnc(NC3CCCCC3)c2n1. The van der Waals surface area contributed by atoms with Crippen molar-refractivity contribution in [2.45, 2.75) is 51.1 Å². The molecule has 1 aliphatic carbocycles. The molecule has 0 bridgehead atoms. The van der Waals surface area contributed by atoms with E-state index in [9.17, 15) is 0 Å². The van der Waals surface area contributed by atoms with E-state index in [0.29, 0.717) is 12.5 Å². The molecule has 3 aromatic heterocycles. The molecule has 1 aliphatic rings. The van der Waals surface area contributed by atoms with Crippen LogP contribution in [0.3, 0.4) is 0 Å². The van der Waals surface area contributed by atoms with Crippen LogP contribution in [0.15, 0.2) is 49.1 Å². The Labute approximate surface area is 212 Å². The van der Waals surface area contributed by atoms with Gasteiger partial charge in [-0.1, -0.05) is 31.4 Å². The molecular formula is C28H35N7O. The first-order valence-electron chi connectivity index (χ1n) is 12.8. The molecule has 5 rings (SSSR count). The van der Waals surface area contributed by atoms with E-state index in [2.05, 4.69) is 63.8 Å². The molecule has 0 amide bonds. The number of ether oxygens (including phenoxy) is 1. The highest BCUT2D eigenvalue weighted by molar-refractivity contribution is 5.87. The molecule has 0 spiro atoms. The molecule has 1 aromatic carbocycles. The third-order valence-corrected chi connectivity index (χ3v) is 6.87. The lowest BCUT2D eigenvalue weighted by Gasteiger charge is -2.23. The summed E-state index contributed by atoms with van der Waals surface area (Å²) in [5.41, 5.74) is 4.08. The normalized spacial score (nSPS) is 14.4. The lowest BCUT2D eigenvalue weighted by Crippen LogP contribution is -2.23. The molecule has 1 N–H and O–H groups in total. The second kappa shape index (κ2) is 11.0. The zero-order valence-corrected chi connectivity index (χ0v) is 21.4. The minimum Gasteiger partial charge on any atom is -0.496 e. The van der Waals surface area contributed by atoms with E-state index in [0.717, 1.165) is 58.1 Å². The second-order valence-corrected chi connectivity index (χ2v) is 9.86. The van der Waals surface area contributed by atoms with Crippen LogP contribution in [0.4, 0.5) is 5.82 Å². The molecule has 0 aliphatic heterocycles. The van der Waals surface area contributed by atoms with E-state index >= 15 is 0 Å².